The van der Waals surface area contributed by atoms with Crippen LogP contribution in [0.4, 0.5) is 15.8 Å². The van der Waals surface area contributed by atoms with Crippen LogP contribution in [-0.2, 0) is 0 Å². The average molecular weight is 248 g/mol. The first-order valence-corrected chi connectivity index (χ1v) is 5.03. The quantitative estimate of drug-likeness (QED) is 0.514. The van der Waals surface area contributed by atoms with E-state index in [4.69, 9.17) is 10.5 Å². The van der Waals surface area contributed by atoms with Crippen molar-refractivity contribution in [1.82, 2.24) is 0 Å². The normalized spacial score (nSPS) is 10.1. The molecule has 2 N–H and O–H groups in total. The molecule has 2 aromatic carbocycles. The zero-order valence-corrected chi connectivity index (χ0v) is 9.17. The minimum atomic E-state index is -0.791. The predicted molar refractivity (Wildman–Crippen MR) is 64.0 cm³/mol. The predicted octanol–water partition coefficient (Wildman–Crippen LogP) is 3.11. The first-order chi connectivity index (χ1) is 8.56. The molecule has 5 nitrogen and oxygen atoms in total. The third-order valence-electron chi connectivity index (χ3n) is 2.23. The monoisotopic (exact) mass is 248 g/mol. The SMILES string of the molecule is Nc1ccc(Oc2ccc([N+](=O)[O-])cc2F)cc1. The molecule has 0 aromatic heterocycles. The van der Waals surface area contributed by atoms with E-state index in [1.807, 2.05) is 0 Å². The van der Waals surface area contributed by atoms with E-state index >= 15 is 0 Å². The van der Waals surface area contributed by atoms with Crippen molar-refractivity contribution in [1.29, 1.82) is 0 Å². The van der Waals surface area contributed by atoms with Crippen molar-refractivity contribution in [3.8, 4) is 11.5 Å². The Morgan fingerprint density at radius 1 is 1.17 bits per heavy atom. The summed E-state index contributed by atoms with van der Waals surface area (Å²) in [6.45, 7) is 0. The number of rotatable bonds is 3. The molecule has 0 spiro atoms. The van der Waals surface area contributed by atoms with Gasteiger partial charge in [-0.25, -0.2) is 4.39 Å². The lowest BCUT2D eigenvalue weighted by molar-refractivity contribution is -0.385. The Bertz CT molecular complexity index is 584. The van der Waals surface area contributed by atoms with Gasteiger partial charge in [0.2, 0.25) is 0 Å². The Hall–Kier alpha value is -2.63. The van der Waals surface area contributed by atoms with Gasteiger partial charge in [-0.3, -0.25) is 10.1 Å². The largest absolute Gasteiger partial charge is 0.454 e. The van der Waals surface area contributed by atoms with E-state index in [2.05, 4.69) is 0 Å². The lowest BCUT2D eigenvalue weighted by Gasteiger charge is -2.06. The number of halogens is 1. The van der Waals surface area contributed by atoms with Crippen LogP contribution < -0.4 is 10.5 Å². The Kier molecular flexibility index (Phi) is 3.09. The third-order valence-corrected chi connectivity index (χ3v) is 2.23. The number of benzene rings is 2. The van der Waals surface area contributed by atoms with Crippen molar-refractivity contribution >= 4 is 11.4 Å². The van der Waals surface area contributed by atoms with Crippen LogP contribution in [0.25, 0.3) is 0 Å². The van der Waals surface area contributed by atoms with E-state index in [1.165, 1.54) is 12.1 Å². The fourth-order valence-corrected chi connectivity index (χ4v) is 1.35. The maximum absolute atomic E-state index is 13.5. The van der Waals surface area contributed by atoms with E-state index in [9.17, 15) is 14.5 Å². The van der Waals surface area contributed by atoms with Crippen molar-refractivity contribution in [3.05, 3.63) is 58.4 Å². The summed E-state index contributed by atoms with van der Waals surface area (Å²) in [6.07, 6.45) is 0. The summed E-state index contributed by atoms with van der Waals surface area (Å²) in [7, 11) is 0. The Morgan fingerprint density at radius 2 is 1.83 bits per heavy atom. The van der Waals surface area contributed by atoms with E-state index in [0.717, 1.165) is 6.07 Å². The molecular formula is C12H9FN2O3. The van der Waals surface area contributed by atoms with Crippen LogP contribution in [0, 0.1) is 15.9 Å². The minimum absolute atomic E-state index is 0.0784. The summed E-state index contributed by atoms with van der Waals surface area (Å²) in [5.74, 6) is -0.469. The first kappa shape index (κ1) is 11.8. The zero-order valence-electron chi connectivity index (χ0n) is 9.17. The maximum Gasteiger partial charge on any atom is 0.272 e. The number of hydrogen-bond donors (Lipinski definition) is 1. The molecule has 0 heterocycles. The summed E-state index contributed by atoms with van der Waals surface area (Å²) < 4.78 is 18.8. The van der Waals surface area contributed by atoms with Crippen LogP contribution >= 0.6 is 0 Å². The fraction of sp³-hybridized carbons (Fsp3) is 0. The van der Waals surface area contributed by atoms with Gasteiger partial charge in [-0.1, -0.05) is 0 Å². The number of nitrogen functional groups attached to an aromatic ring is 1. The van der Waals surface area contributed by atoms with Gasteiger partial charge in [0.1, 0.15) is 5.75 Å². The van der Waals surface area contributed by atoms with Gasteiger partial charge in [0.15, 0.2) is 11.6 Å². The molecule has 0 aliphatic heterocycles. The molecule has 0 unspecified atom stereocenters. The number of non-ortho nitro benzene ring substituents is 1. The lowest BCUT2D eigenvalue weighted by atomic mass is 10.3. The number of anilines is 1. The molecule has 0 saturated carbocycles. The summed E-state index contributed by atoms with van der Waals surface area (Å²) >= 11 is 0. The molecule has 0 saturated heterocycles. The molecule has 0 fully saturated rings. The molecule has 2 aromatic rings. The molecular weight excluding hydrogens is 239 g/mol. The minimum Gasteiger partial charge on any atom is -0.454 e. The smallest absolute Gasteiger partial charge is 0.272 e. The Balaban J connectivity index is 2.24. The van der Waals surface area contributed by atoms with Crippen LogP contribution in [-0.4, -0.2) is 4.92 Å². The number of nitro benzene ring substituents is 1. The molecule has 92 valence electrons. The molecule has 0 aliphatic carbocycles. The van der Waals surface area contributed by atoms with Gasteiger partial charge in [-0.05, 0) is 30.3 Å². The van der Waals surface area contributed by atoms with Gasteiger partial charge >= 0.3 is 0 Å². The second-order valence-electron chi connectivity index (χ2n) is 3.54. The van der Waals surface area contributed by atoms with Gasteiger partial charge in [0.05, 0.1) is 11.0 Å². The van der Waals surface area contributed by atoms with E-state index in [-0.39, 0.29) is 11.4 Å². The molecule has 0 bridgehead atoms. The van der Waals surface area contributed by atoms with Crippen LogP contribution in [0.2, 0.25) is 0 Å². The molecule has 6 heteroatoms. The summed E-state index contributed by atoms with van der Waals surface area (Å²) in [5, 5.41) is 10.4. The number of ether oxygens (including phenoxy) is 1. The third kappa shape index (κ3) is 2.54. The molecule has 0 atom stereocenters. The van der Waals surface area contributed by atoms with Crippen LogP contribution in [0.3, 0.4) is 0 Å². The Labute approximate surface area is 102 Å². The highest BCUT2D eigenvalue weighted by molar-refractivity contribution is 5.44. The Morgan fingerprint density at radius 3 is 2.39 bits per heavy atom. The highest BCUT2D eigenvalue weighted by Crippen LogP contribution is 2.27. The number of nitrogens with two attached hydrogens (primary N) is 1. The van der Waals surface area contributed by atoms with Crippen molar-refractivity contribution in [2.45, 2.75) is 0 Å². The van der Waals surface area contributed by atoms with Gasteiger partial charge < -0.3 is 10.5 Å². The summed E-state index contributed by atoms with van der Waals surface area (Å²) in [5.41, 5.74) is 5.74. The maximum atomic E-state index is 13.5. The standard InChI is InChI=1S/C12H9FN2O3/c13-11-7-9(15(16)17)3-6-12(11)18-10-4-1-8(14)2-5-10/h1-7H,14H2. The van der Waals surface area contributed by atoms with E-state index < -0.39 is 10.7 Å². The number of nitrogens with zero attached hydrogens (tertiary/aromatic N) is 1. The van der Waals surface area contributed by atoms with Gasteiger partial charge in [0.25, 0.3) is 5.69 Å². The van der Waals surface area contributed by atoms with Crippen LogP contribution in [0.1, 0.15) is 0 Å². The zero-order chi connectivity index (χ0) is 13.1. The van der Waals surface area contributed by atoms with Crippen LogP contribution in [0.5, 0.6) is 11.5 Å². The summed E-state index contributed by atoms with van der Waals surface area (Å²) in [4.78, 5) is 9.77. The second-order valence-corrected chi connectivity index (χ2v) is 3.54. The number of nitro groups is 1. The van der Waals surface area contributed by atoms with Crippen molar-refractivity contribution in [2.24, 2.45) is 0 Å². The molecule has 0 aliphatic rings. The summed E-state index contributed by atoms with van der Waals surface area (Å²) in [6, 6.07) is 9.58. The van der Waals surface area contributed by atoms with E-state index in [1.54, 1.807) is 24.3 Å². The van der Waals surface area contributed by atoms with Gasteiger partial charge in [-0.15, -0.1) is 0 Å². The number of hydrogen-bond acceptors (Lipinski definition) is 4. The van der Waals surface area contributed by atoms with Crippen LogP contribution in [0.15, 0.2) is 42.5 Å². The topological polar surface area (TPSA) is 78.4 Å². The van der Waals surface area contributed by atoms with Gasteiger partial charge in [0, 0.05) is 11.8 Å². The van der Waals surface area contributed by atoms with E-state index in [0.29, 0.717) is 11.4 Å². The molecule has 18 heavy (non-hydrogen) atoms. The van der Waals surface area contributed by atoms with Crippen molar-refractivity contribution in [3.63, 3.8) is 0 Å². The van der Waals surface area contributed by atoms with Gasteiger partial charge in [-0.2, -0.15) is 0 Å². The average Bonchev–Trinajstić information content (AvgIpc) is 2.34. The molecule has 0 amide bonds. The van der Waals surface area contributed by atoms with Crippen molar-refractivity contribution < 1.29 is 14.1 Å². The molecule has 0 radical (unpaired) electrons. The van der Waals surface area contributed by atoms with Crippen molar-refractivity contribution in [2.75, 3.05) is 5.73 Å². The highest BCUT2D eigenvalue weighted by Gasteiger charge is 2.12. The highest BCUT2D eigenvalue weighted by atomic mass is 19.1. The second kappa shape index (κ2) is 4.70. The first-order valence-electron chi connectivity index (χ1n) is 5.03. The molecule has 2 rings (SSSR count). The lowest BCUT2D eigenvalue weighted by Crippen LogP contribution is -1.92. The fourth-order valence-electron chi connectivity index (χ4n) is 1.35.